The van der Waals surface area contributed by atoms with Crippen molar-refractivity contribution < 1.29 is 9.59 Å². The smallest absolute Gasteiger partial charge is 0.196 e. The van der Waals surface area contributed by atoms with Gasteiger partial charge in [0.05, 0.1) is 5.57 Å². The molecule has 0 aromatic heterocycles. The first kappa shape index (κ1) is 12.7. The molecule has 19 heavy (non-hydrogen) atoms. The van der Waals surface area contributed by atoms with Crippen LogP contribution in [0.25, 0.3) is 0 Å². The summed E-state index contributed by atoms with van der Waals surface area (Å²) >= 11 is 0. The van der Waals surface area contributed by atoms with Crippen LogP contribution >= 0.6 is 0 Å². The standard InChI is InChI=1S/C15H12N2O2/c1-9-13(12(17)7-4-8-16)15(19)11-6-3-2-5-10(11)14(9)18/h2-8,16H,1,17H2/b7-4-,13-12-,16-8?. The lowest BCUT2D eigenvalue weighted by Crippen LogP contribution is -2.24. The van der Waals surface area contributed by atoms with Crippen LogP contribution in [0.5, 0.6) is 0 Å². The van der Waals surface area contributed by atoms with Crippen molar-refractivity contribution in [2.45, 2.75) is 0 Å². The van der Waals surface area contributed by atoms with Crippen molar-refractivity contribution in [1.29, 1.82) is 5.41 Å². The Bertz CT molecular complexity index is 666. The molecule has 0 saturated heterocycles. The molecule has 0 atom stereocenters. The third kappa shape index (κ3) is 2.04. The summed E-state index contributed by atoms with van der Waals surface area (Å²) in [4.78, 5) is 24.5. The molecule has 0 spiro atoms. The molecule has 4 nitrogen and oxygen atoms in total. The number of allylic oxidation sites excluding steroid dienone is 4. The van der Waals surface area contributed by atoms with Gasteiger partial charge in [0.15, 0.2) is 11.6 Å². The van der Waals surface area contributed by atoms with Crippen LogP contribution in [-0.2, 0) is 0 Å². The largest absolute Gasteiger partial charge is 0.398 e. The third-order valence-electron chi connectivity index (χ3n) is 2.88. The molecule has 0 fully saturated rings. The highest BCUT2D eigenvalue weighted by molar-refractivity contribution is 6.31. The van der Waals surface area contributed by atoms with Crippen LogP contribution in [0.3, 0.4) is 0 Å². The summed E-state index contributed by atoms with van der Waals surface area (Å²) in [6.45, 7) is 3.66. The predicted molar refractivity (Wildman–Crippen MR) is 73.4 cm³/mol. The normalized spacial score (nSPS) is 17.6. The van der Waals surface area contributed by atoms with Crippen molar-refractivity contribution >= 4 is 17.8 Å². The molecule has 4 heteroatoms. The van der Waals surface area contributed by atoms with Crippen LogP contribution in [-0.4, -0.2) is 17.8 Å². The second-order valence-electron chi connectivity index (χ2n) is 4.04. The molecular formula is C15H12N2O2. The number of carbonyl (C=O) groups is 2. The number of fused-ring (bicyclic) bond motifs is 1. The minimum atomic E-state index is -0.313. The number of nitrogens with one attached hydrogen (secondary N) is 1. The van der Waals surface area contributed by atoms with E-state index in [1.54, 1.807) is 24.3 Å². The number of hydrogen-bond donors (Lipinski definition) is 2. The molecule has 3 N–H and O–H groups in total. The van der Waals surface area contributed by atoms with E-state index >= 15 is 0 Å². The topological polar surface area (TPSA) is 84.0 Å². The van der Waals surface area contributed by atoms with Gasteiger partial charge in [0.25, 0.3) is 0 Å². The number of hydrogen-bond acceptors (Lipinski definition) is 4. The summed E-state index contributed by atoms with van der Waals surface area (Å²) in [5.74, 6) is -0.608. The second-order valence-corrected chi connectivity index (χ2v) is 4.04. The molecule has 0 aliphatic heterocycles. The Morgan fingerprint density at radius 1 is 1.16 bits per heavy atom. The molecule has 1 aliphatic rings. The number of ketones is 2. The molecule has 1 aromatic rings. The Morgan fingerprint density at radius 3 is 2.32 bits per heavy atom. The molecule has 0 unspecified atom stereocenters. The van der Waals surface area contributed by atoms with Gasteiger partial charge in [-0.05, 0) is 12.2 Å². The van der Waals surface area contributed by atoms with Gasteiger partial charge in [-0.15, -0.1) is 0 Å². The van der Waals surface area contributed by atoms with Gasteiger partial charge < -0.3 is 11.1 Å². The van der Waals surface area contributed by atoms with Crippen molar-refractivity contribution in [1.82, 2.24) is 0 Å². The van der Waals surface area contributed by atoms with Crippen LogP contribution in [0.4, 0.5) is 0 Å². The molecule has 0 radical (unpaired) electrons. The minimum Gasteiger partial charge on any atom is -0.398 e. The summed E-state index contributed by atoms with van der Waals surface area (Å²) in [6, 6.07) is 6.58. The van der Waals surface area contributed by atoms with Gasteiger partial charge in [-0.2, -0.15) is 0 Å². The van der Waals surface area contributed by atoms with E-state index in [1.807, 2.05) is 0 Å². The first-order valence-electron chi connectivity index (χ1n) is 5.62. The van der Waals surface area contributed by atoms with Gasteiger partial charge in [0.1, 0.15) is 0 Å². The monoisotopic (exact) mass is 252 g/mol. The SMILES string of the molecule is C=C1C(=O)c2ccccc2C(=O)/C1=C(N)/C=C\C=N. The highest BCUT2D eigenvalue weighted by atomic mass is 16.1. The number of rotatable bonds is 2. The summed E-state index contributed by atoms with van der Waals surface area (Å²) < 4.78 is 0. The quantitative estimate of drug-likeness (QED) is 0.624. The average molecular weight is 252 g/mol. The van der Waals surface area contributed by atoms with Gasteiger partial charge >= 0.3 is 0 Å². The fourth-order valence-corrected chi connectivity index (χ4v) is 1.97. The molecular weight excluding hydrogens is 240 g/mol. The number of nitrogens with two attached hydrogens (primary N) is 1. The summed E-state index contributed by atoms with van der Waals surface area (Å²) in [5, 5.41) is 6.90. The summed E-state index contributed by atoms with van der Waals surface area (Å²) in [6.07, 6.45) is 3.83. The highest BCUT2D eigenvalue weighted by Crippen LogP contribution is 2.29. The first-order chi connectivity index (χ1) is 9.07. The highest BCUT2D eigenvalue weighted by Gasteiger charge is 2.32. The molecule has 0 amide bonds. The van der Waals surface area contributed by atoms with Crippen molar-refractivity contribution in [3.8, 4) is 0 Å². The average Bonchev–Trinajstić information content (AvgIpc) is 2.43. The van der Waals surface area contributed by atoms with Gasteiger partial charge in [0, 0.05) is 28.6 Å². The van der Waals surface area contributed by atoms with E-state index in [9.17, 15) is 9.59 Å². The number of Topliss-reactive ketones (excluding diaryl/α,β-unsaturated/α-hetero) is 2. The van der Waals surface area contributed by atoms with E-state index in [0.717, 1.165) is 6.21 Å². The van der Waals surface area contributed by atoms with Gasteiger partial charge in [0.2, 0.25) is 0 Å². The lowest BCUT2D eigenvalue weighted by Gasteiger charge is -2.19. The Balaban J connectivity index is 2.65. The van der Waals surface area contributed by atoms with Crippen LogP contribution in [0.15, 0.2) is 59.8 Å². The number of benzene rings is 1. The van der Waals surface area contributed by atoms with E-state index in [1.165, 1.54) is 12.2 Å². The molecule has 0 bridgehead atoms. The van der Waals surface area contributed by atoms with E-state index in [0.29, 0.717) is 11.1 Å². The Hall–Kier alpha value is -2.75. The van der Waals surface area contributed by atoms with E-state index < -0.39 is 0 Å². The van der Waals surface area contributed by atoms with Crippen molar-refractivity contribution in [2.24, 2.45) is 5.73 Å². The lowest BCUT2D eigenvalue weighted by molar-refractivity contribution is 0.0972. The zero-order valence-electron chi connectivity index (χ0n) is 10.1. The van der Waals surface area contributed by atoms with Crippen LogP contribution in [0, 0.1) is 5.41 Å². The molecule has 1 aromatic carbocycles. The van der Waals surface area contributed by atoms with Gasteiger partial charge in [-0.1, -0.05) is 30.8 Å². The first-order valence-corrected chi connectivity index (χ1v) is 5.62. The van der Waals surface area contributed by atoms with E-state index in [2.05, 4.69) is 6.58 Å². The van der Waals surface area contributed by atoms with Gasteiger partial charge in [-0.3, -0.25) is 9.59 Å². The van der Waals surface area contributed by atoms with Crippen molar-refractivity contribution in [3.05, 3.63) is 71.0 Å². The fourth-order valence-electron chi connectivity index (χ4n) is 1.97. The zero-order chi connectivity index (χ0) is 14.0. The molecule has 1 aliphatic carbocycles. The number of carbonyl (C=O) groups excluding carboxylic acids is 2. The van der Waals surface area contributed by atoms with E-state index in [-0.39, 0.29) is 28.4 Å². The predicted octanol–water partition coefficient (Wildman–Crippen LogP) is 2.04. The maximum Gasteiger partial charge on any atom is 0.196 e. The Kier molecular flexibility index (Phi) is 3.25. The summed E-state index contributed by atoms with van der Waals surface area (Å²) in [7, 11) is 0. The van der Waals surface area contributed by atoms with Crippen LogP contribution in [0.2, 0.25) is 0 Å². The molecule has 0 heterocycles. The molecule has 94 valence electrons. The lowest BCUT2D eigenvalue weighted by atomic mass is 9.82. The van der Waals surface area contributed by atoms with Crippen molar-refractivity contribution in [2.75, 3.05) is 0 Å². The maximum absolute atomic E-state index is 12.3. The Morgan fingerprint density at radius 2 is 1.74 bits per heavy atom. The fraction of sp³-hybridized carbons (Fsp3) is 0. The Labute approximate surface area is 110 Å². The maximum atomic E-state index is 12.3. The van der Waals surface area contributed by atoms with Gasteiger partial charge in [-0.25, -0.2) is 0 Å². The molecule has 0 saturated carbocycles. The van der Waals surface area contributed by atoms with Crippen LogP contribution < -0.4 is 5.73 Å². The van der Waals surface area contributed by atoms with Crippen LogP contribution in [0.1, 0.15) is 20.7 Å². The van der Waals surface area contributed by atoms with Crippen molar-refractivity contribution in [3.63, 3.8) is 0 Å². The third-order valence-corrected chi connectivity index (χ3v) is 2.88. The van der Waals surface area contributed by atoms with E-state index in [4.69, 9.17) is 11.1 Å². The summed E-state index contributed by atoms with van der Waals surface area (Å²) in [5.41, 5.74) is 6.82. The minimum absolute atomic E-state index is 0.0934. The molecule has 2 rings (SSSR count). The zero-order valence-corrected chi connectivity index (χ0v) is 10.1. The second kappa shape index (κ2) is 4.86.